The van der Waals surface area contributed by atoms with Crippen LogP contribution in [0, 0.1) is 6.92 Å². The van der Waals surface area contributed by atoms with Gasteiger partial charge in [-0.3, -0.25) is 4.79 Å². The molecule has 0 bridgehead atoms. The molecule has 104 valence electrons. The zero-order chi connectivity index (χ0) is 14.4. The van der Waals surface area contributed by atoms with Crippen LogP contribution in [0.2, 0.25) is 0 Å². The van der Waals surface area contributed by atoms with Gasteiger partial charge in [-0.1, -0.05) is 30.3 Å². The first-order valence-electron chi connectivity index (χ1n) is 6.81. The van der Waals surface area contributed by atoms with E-state index in [1.54, 1.807) is 7.05 Å². The van der Waals surface area contributed by atoms with Crippen molar-refractivity contribution in [3.8, 4) is 0 Å². The van der Waals surface area contributed by atoms with E-state index in [2.05, 4.69) is 34.9 Å². The Morgan fingerprint density at radius 3 is 2.50 bits per heavy atom. The summed E-state index contributed by atoms with van der Waals surface area (Å²) in [7, 11) is 1.64. The fourth-order valence-corrected chi connectivity index (χ4v) is 2.13. The van der Waals surface area contributed by atoms with E-state index in [0.29, 0.717) is 5.56 Å². The van der Waals surface area contributed by atoms with E-state index >= 15 is 0 Å². The van der Waals surface area contributed by atoms with Crippen LogP contribution in [-0.4, -0.2) is 19.5 Å². The lowest BCUT2D eigenvalue weighted by molar-refractivity contribution is 0.0963. The quantitative estimate of drug-likeness (QED) is 0.875. The smallest absolute Gasteiger partial charge is 0.251 e. The Morgan fingerprint density at radius 1 is 1.10 bits per heavy atom. The molecule has 0 aliphatic carbocycles. The number of carbonyl (C=O) groups is 1. The predicted molar refractivity (Wildman–Crippen MR) is 83.2 cm³/mol. The summed E-state index contributed by atoms with van der Waals surface area (Å²) in [5, 5.41) is 6.05. The van der Waals surface area contributed by atoms with Gasteiger partial charge in [0.25, 0.3) is 5.91 Å². The van der Waals surface area contributed by atoms with Crippen molar-refractivity contribution >= 4 is 11.6 Å². The average Bonchev–Trinajstić information content (AvgIpc) is 2.49. The van der Waals surface area contributed by atoms with Crippen LogP contribution < -0.4 is 10.6 Å². The molecule has 0 radical (unpaired) electrons. The van der Waals surface area contributed by atoms with Gasteiger partial charge in [-0.25, -0.2) is 0 Å². The number of carbonyl (C=O) groups excluding carboxylic acids is 1. The highest BCUT2D eigenvalue weighted by Gasteiger charge is 2.05. The monoisotopic (exact) mass is 268 g/mol. The summed E-state index contributed by atoms with van der Waals surface area (Å²) in [6.45, 7) is 2.89. The summed E-state index contributed by atoms with van der Waals surface area (Å²) in [4.78, 5) is 11.5. The highest BCUT2D eigenvalue weighted by Crippen LogP contribution is 2.16. The number of benzene rings is 2. The summed E-state index contributed by atoms with van der Waals surface area (Å²) in [6.07, 6.45) is 0.984. The molecule has 2 N–H and O–H groups in total. The molecule has 0 aliphatic rings. The fraction of sp³-hybridized carbons (Fsp3) is 0.235. The molecule has 0 aromatic heterocycles. The summed E-state index contributed by atoms with van der Waals surface area (Å²) in [6, 6.07) is 16.1. The first-order chi connectivity index (χ1) is 9.70. The van der Waals surface area contributed by atoms with Crippen LogP contribution in [0.3, 0.4) is 0 Å². The SMILES string of the molecule is CNC(=O)c1ccc(NCCc2ccccc2)c(C)c1. The first-order valence-corrected chi connectivity index (χ1v) is 6.81. The molecule has 0 saturated carbocycles. The van der Waals surface area contributed by atoms with Crippen molar-refractivity contribution in [3.63, 3.8) is 0 Å². The van der Waals surface area contributed by atoms with Gasteiger partial charge in [0.2, 0.25) is 0 Å². The Morgan fingerprint density at radius 2 is 1.85 bits per heavy atom. The summed E-state index contributed by atoms with van der Waals surface area (Å²) >= 11 is 0. The number of hydrogen-bond donors (Lipinski definition) is 2. The molecule has 0 saturated heterocycles. The van der Waals surface area contributed by atoms with Crippen molar-refractivity contribution < 1.29 is 4.79 Å². The standard InChI is InChI=1S/C17H20N2O/c1-13-12-15(17(20)18-2)8-9-16(13)19-11-10-14-6-4-3-5-7-14/h3-9,12,19H,10-11H2,1-2H3,(H,18,20). The van der Waals surface area contributed by atoms with Crippen molar-refractivity contribution in [2.45, 2.75) is 13.3 Å². The van der Waals surface area contributed by atoms with Gasteiger partial charge in [0.15, 0.2) is 0 Å². The molecule has 0 heterocycles. The van der Waals surface area contributed by atoms with E-state index in [9.17, 15) is 4.79 Å². The fourth-order valence-electron chi connectivity index (χ4n) is 2.13. The van der Waals surface area contributed by atoms with Gasteiger partial charge in [-0.15, -0.1) is 0 Å². The third-order valence-corrected chi connectivity index (χ3v) is 3.29. The molecule has 0 spiro atoms. The lowest BCUT2D eigenvalue weighted by Crippen LogP contribution is -2.18. The number of anilines is 1. The van der Waals surface area contributed by atoms with E-state index in [0.717, 1.165) is 24.2 Å². The van der Waals surface area contributed by atoms with Crippen molar-refractivity contribution in [2.24, 2.45) is 0 Å². The predicted octanol–water partition coefficient (Wildman–Crippen LogP) is 3.01. The van der Waals surface area contributed by atoms with Crippen molar-refractivity contribution in [2.75, 3.05) is 18.9 Å². The van der Waals surface area contributed by atoms with Crippen LogP contribution in [0.1, 0.15) is 21.5 Å². The van der Waals surface area contributed by atoms with E-state index in [1.807, 2.05) is 31.2 Å². The summed E-state index contributed by atoms with van der Waals surface area (Å²) in [5.41, 5.74) is 4.17. The maximum absolute atomic E-state index is 11.5. The molecule has 0 unspecified atom stereocenters. The second-order valence-corrected chi connectivity index (χ2v) is 4.77. The maximum Gasteiger partial charge on any atom is 0.251 e. The molecule has 2 aromatic rings. The molecule has 0 atom stereocenters. The Labute approximate surface area is 120 Å². The van der Waals surface area contributed by atoms with Crippen molar-refractivity contribution in [3.05, 3.63) is 65.2 Å². The van der Waals surface area contributed by atoms with E-state index in [-0.39, 0.29) is 5.91 Å². The van der Waals surface area contributed by atoms with Gasteiger partial charge in [0.1, 0.15) is 0 Å². The first kappa shape index (κ1) is 14.1. The number of amides is 1. The zero-order valence-electron chi connectivity index (χ0n) is 11.9. The van der Waals surface area contributed by atoms with E-state index in [4.69, 9.17) is 0 Å². The van der Waals surface area contributed by atoms with Gasteiger partial charge >= 0.3 is 0 Å². The van der Waals surface area contributed by atoms with Crippen molar-refractivity contribution in [1.29, 1.82) is 0 Å². The average molecular weight is 268 g/mol. The third kappa shape index (κ3) is 3.60. The van der Waals surface area contributed by atoms with Crippen LogP contribution in [0.5, 0.6) is 0 Å². The molecular weight excluding hydrogens is 248 g/mol. The second kappa shape index (κ2) is 6.75. The number of rotatable bonds is 5. The third-order valence-electron chi connectivity index (χ3n) is 3.29. The molecule has 0 fully saturated rings. The largest absolute Gasteiger partial charge is 0.384 e. The van der Waals surface area contributed by atoms with E-state index in [1.165, 1.54) is 5.56 Å². The molecule has 0 aliphatic heterocycles. The lowest BCUT2D eigenvalue weighted by Gasteiger charge is -2.11. The second-order valence-electron chi connectivity index (χ2n) is 4.77. The van der Waals surface area contributed by atoms with Crippen LogP contribution in [-0.2, 0) is 6.42 Å². The Balaban J connectivity index is 1.95. The van der Waals surface area contributed by atoms with Gasteiger partial charge in [-0.2, -0.15) is 0 Å². The van der Waals surface area contributed by atoms with Crippen LogP contribution in [0.15, 0.2) is 48.5 Å². The van der Waals surface area contributed by atoms with Crippen LogP contribution in [0.25, 0.3) is 0 Å². The Hall–Kier alpha value is -2.29. The minimum atomic E-state index is -0.0519. The minimum Gasteiger partial charge on any atom is -0.384 e. The summed E-state index contributed by atoms with van der Waals surface area (Å²) < 4.78 is 0. The molecule has 1 amide bonds. The minimum absolute atomic E-state index is 0.0519. The van der Waals surface area contributed by atoms with Gasteiger partial charge in [0.05, 0.1) is 0 Å². The highest BCUT2D eigenvalue weighted by atomic mass is 16.1. The maximum atomic E-state index is 11.5. The van der Waals surface area contributed by atoms with Gasteiger partial charge < -0.3 is 10.6 Å². The lowest BCUT2D eigenvalue weighted by atomic mass is 10.1. The highest BCUT2D eigenvalue weighted by molar-refractivity contribution is 5.94. The molecular formula is C17H20N2O. The number of nitrogens with one attached hydrogen (secondary N) is 2. The molecule has 20 heavy (non-hydrogen) atoms. The topological polar surface area (TPSA) is 41.1 Å². The molecule has 3 heteroatoms. The molecule has 2 aromatic carbocycles. The zero-order valence-corrected chi connectivity index (χ0v) is 11.9. The summed E-state index contributed by atoms with van der Waals surface area (Å²) in [5.74, 6) is -0.0519. The van der Waals surface area contributed by atoms with Crippen LogP contribution >= 0.6 is 0 Å². The molecule has 2 rings (SSSR count). The van der Waals surface area contributed by atoms with Crippen LogP contribution in [0.4, 0.5) is 5.69 Å². The van der Waals surface area contributed by atoms with Crippen molar-refractivity contribution in [1.82, 2.24) is 5.32 Å². The van der Waals surface area contributed by atoms with Gasteiger partial charge in [0, 0.05) is 24.8 Å². The Kier molecular flexibility index (Phi) is 4.77. The number of hydrogen-bond acceptors (Lipinski definition) is 2. The normalized spacial score (nSPS) is 10.1. The van der Waals surface area contributed by atoms with Gasteiger partial charge in [-0.05, 0) is 42.7 Å². The van der Waals surface area contributed by atoms with E-state index < -0.39 is 0 Å². The Bertz CT molecular complexity index is 579. The molecule has 3 nitrogen and oxygen atoms in total. The number of aryl methyl sites for hydroxylation is 1.